The van der Waals surface area contributed by atoms with Gasteiger partial charge < -0.3 is 11.1 Å². The monoisotopic (exact) mass is 360 g/mol. The number of benzene rings is 2. The van der Waals surface area contributed by atoms with Gasteiger partial charge in [-0.15, -0.1) is 0 Å². The number of anilines is 2. The highest BCUT2D eigenvalue weighted by molar-refractivity contribution is 9.10. The average Bonchev–Trinajstić information content (AvgIpc) is 2.38. The zero-order chi connectivity index (χ0) is 14.9. The topological polar surface area (TPSA) is 55.1 Å². The minimum Gasteiger partial charge on any atom is -0.396 e. The Labute approximate surface area is 126 Å². The summed E-state index contributed by atoms with van der Waals surface area (Å²) in [5.74, 6) is -2.57. The van der Waals surface area contributed by atoms with Crippen molar-refractivity contribution >= 4 is 44.8 Å². The van der Waals surface area contributed by atoms with Gasteiger partial charge >= 0.3 is 0 Å². The molecule has 0 atom stereocenters. The molecule has 0 heterocycles. The van der Waals surface area contributed by atoms with Gasteiger partial charge in [-0.2, -0.15) is 0 Å². The first-order valence-corrected chi connectivity index (χ1v) is 6.56. The predicted molar refractivity (Wildman–Crippen MR) is 77.9 cm³/mol. The van der Waals surface area contributed by atoms with Gasteiger partial charge in [-0.05, 0) is 46.3 Å². The van der Waals surface area contributed by atoms with Crippen LogP contribution in [0.1, 0.15) is 10.4 Å². The van der Waals surface area contributed by atoms with E-state index in [0.29, 0.717) is 15.2 Å². The lowest BCUT2D eigenvalue weighted by Gasteiger charge is -2.08. The molecule has 3 N–H and O–H groups in total. The molecule has 1 amide bonds. The summed E-state index contributed by atoms with van der Waals surface area (Å²) in [5, 5.41) is 2.79. The molecule has 0 saturated carbocycles. The van der Waals surface area contributed by atoms with Crippen molar-refractivity contribution in [3.05, 3.63) is 57.0 Å². The van der Waals surface area contributed by atoms with Gasteiger partial charge in [0.15, 0.2) is 5.82 Å². The van der Waals surface area contributed by atoms with E-state index in [1.807, 2.05) is 0 Å². The third kappa shape index (κ3) is 3.08. The highest BCUT2D eigenvalue weighted by Gasteiger charge is 2.16. The molecule has 0 aliphatic carbocycles. The Balaban J connectivity index is 2.30. The first-order chi connectivity index (χ1) is 9.38. The maximum Gasteiger partial charge on any atom is 0.258 e. The van der Waals surface area contributed by atoms with E-state index in [-0.39, 0.29) is 0 Å². The zero-order valence-electron chi connectivity index (χ0n) is 9.88. The second-order valence-electron chi connectivity index (χ2n) is 3.94. The summed E-state index contributed by atoms with van der Waals surface area (Å²) in [5.41, 5.74) is 4.73. The van der Waals surface area contributed by atoms with Crippen LogP contribution >= 0.6 is 27.5 Å². The number of hydrogen-bond donors (Lipinski definition) is 2. The lowest BCUT2D eigenvalue weighted by atomic mass is 10.1. The Morgan fingerprint density at radius 2 is 1.95 bits per heavy atom. The first kappa shape index (κ1) is 14.7. The van der Waals surface area contributed by atoms with E-state index in [9.17, 15) is 13.6 Å². The molecule has 0 fully saturated rings. The van der Waals surface area contributed by atoms with Crippen LogP contribution in [0.15, 0.2) is 34.8 Å². The van der Waals surface area contributed by atoms with Gasteiger partial charge in [0, 0.05) is 10.2 Å². The third-order valence-corrected chi connectivity index (χ3v) is 3.72. The second kappa shape index (κ2) is 5.76. The molecule has 0 unspecified atom stereocenters. The maximum absolute atomic E-state index is 13.7. The number of nitrogen functional groups attached to an aromatic ring is 1. The molecule has 104 valence electrons. The van der Waals surface area contributed by atoms with Crippen molar-refractivity contribution in [1.29, 1.82) is 0 Å². The van der Waals surface area contributed by atoms with Gasteiger partial charge in [0.05, 0.1) is 16.3 Å². The van der Waals surface area contributed by atoms with Gasteiger partial charge in [0.1, 0.15) is 5.82 Å². The Kier molecular flexibility index (Phi) is 4.25. The fourth-order valence-corrected chi connectivity index (χ4v) is 1.98. The van der Waals surface area contributed by atoms with Crippen LogP contribution in [-0.4, -0.2) is 5.91 Å². The Hall–Kier alpha value is -1.66. The molecule has 0 aliphatic heterocycles. The molecule has 0 aromatic heterocycles. The third-order valence-electron chi connectivity index (χ3n) is 2.49. The van der Waals surface area contributed by atoms with Crippen molar-refractivity contribution in [3.63, 3.8) is 0 Å². The minimum absolute atomic E-state index is 0.352. The van der Waals surface area contributed by atoms with Crippen LogP contribution in [-0.2, 0) is 0 Å². The standard InChI is InChI=1S/C13H8BrClF2N2O/c14-9-2-1-7(5-10(9)15)19-13(20)8-3-6(16)4-11(18)12(8)17/h1-5H,18H2,(H,19,20). The molecule has 3 nitrogen and oxygen atoms in total. The molecular weight excluding hydrogens is 354 g/mol. The number of halogens is 4. The van der Waals surface area contributed by atoms with E-state index in [1.54, 1.807) is 12.1 Å². The highest BCUT2D eigenvalue weighted by atomic mass is 79.9. The van der Waals surface area contributed by atoms with Gasteiger partial charge in [0.2, 0.25) is 0 Å². The summed E-state index contributed by atoms with van der Waals surface area (Å²) >= 11 is 9.07. The van der Waals surface area contributed by atoms with E-state index in [1.165, 1.54) is 6.07 Å². The van der Waals surface area contributed by atoms with Gasteiger partial charge in [-0.25, -0.2) is 8.78 Å². The van der Waals surface area contributed by atoms with Crippen molar-refractivity contribution in [3.8, 4) is 0 Å². The van der Waals surface area contributed by atoms with E-state index in [0.717, 1.165) is 12.1 Å². The molecule has 0 saturated heterocycles. The number of rotatable bonds is 2. The Bertz CT molecular complexity index is 694. The number of hydrogen-bond acceptors (Lipinski definition) is 2. The van der Waals surface area contributed by atoms with Crippen LogP contribution in [0.5, 0.6) is 0 Å². The summed E-state index contributed by atoms with van der Waals surface area (Å²) in [4.78, 5) is 11.9. The van der Waals surface area contributed by atoms with Gasteiger partial charge in [-0.1, -0.05) is 11.6 Å². The fourth-order valence-electron chi connectivity index (χ4n) is 1.55. The molecule has 2 rings (SSSR count). The zero-order valence-corrected chi connectivity index (χ0v) is 12.2. The Morgan fingerprint density at radius 3 is 2.60 bits per heavy atom. The van der Waals surface area contributed by atoms with Crippen LogP contribution in [0.2, 0.25) is 5.02 Å². The fraction of sp³-hybridized carbons (Fsp3) is 0. The smallest absolute Gasteiger partial charge is 0.258 e. The van der Waals surface area contributed by atoms with Crippen LogP contribution in [0.25, 0.3) is 0 Å². The summed E-state index contributed by atoms with van der Waals surface area (Å²) in [6.45, 7) is 0. The quantitative estimate of drug-likeness (QED) is 0.787. The molecule has 0 radical (unpaired) electrons. The number of carbonyl (C=O) groups is 1. The molecule has 0 aliphatic rings. The average molecular weight is 362 g/mol. The van der Waals surface area contributed by atoms with Crippen LogP contribution in [0.3, 0.4) is 0 Å². The largest absolute Gasteiger partial charge is 0.396 e. The second-order valence-corrected chi connectivity index (χ2v) is 5.20. The van der Waals surface area contributed by atoms with Crippen molar-refractivity contribution in [1.82, 2.24) is 0 Å². The van der Waals surface area contributed by atoms with Crippen LogP contribution < -0.4 is 11.1 Å². The SMILES string of the molecule is Nc1cc(F)cc(C(=O)Nc2ccc(Br)c(Cl)c2)c1F. The molecule has 0 spiro atoms. The van der Waals surface area contributed by atoms with Crippen molar-refractivity contribution < 1.29 is 13.6 Å². The number of carbonyl (C=O) groups excluding carboxylic acids is 1. The lowest BCUT2D eigenvalue weighted by molar-refractivity contribution is 0.102. The first-order valence-electron chi connectivity index (χ1n) is 5.39. The van der Waals surface area contributed by atoms with Crippen molar-refractivity contribution in [2.24, 2.45) is 0 Å². The molecule has 0 bridgehead atoms. The number of amides is 1. The van der Waals surface area contributed by atoms with E-state index in [2.05, 4.69) is 21.2 Å². The summed E-state index contributed by atoms with van der Waals surface area (Å²) in [7, 11) is 0. The summed E-state index contributed by atoms with van der Waals surface area (Å²) < 4.78 is 27.5. The van der Waals surface area contributed by atoms with Crippen LogP contribution in [0.4, 0.5) is 20.2 Å². The molecule has 2 aromatic carbocycles. The van der Waals surface area contributed by atoms with E-state index in [4.69, 9.17) is 17.3 Å². The van der Waals surface area contributed by atoms with Crippen LogP contribution in [0, 0.1) is 11.6 Å². The number of nitrogens with one attached hydrogen (secondary N) is 1. The van der Waals surface area contributed by atoms with Gasteiger partial charge in [-0.3, -0.25) is 4.79 Å². The van der Waals surface area contributed by atoms with E-state index >= 15 is 0 Å². The van der Waals surface area contributed by atoms with Gasteiger partial charge in [0.25, 0.3) is 5.91 Å². The van der Waals surface area contributed by atoms with Crippen molar-refractivity contribution in [2.45, 2.75) is 0 Å². The lowest BCUT2D eigenvalue weighted by Crippen LogP contribution is -2.15. The molecule has 7 heteroatoms. The maximum atomic E-state index is 13.7. The van der Waals surface area contributed by atoms with Crippen molar-refractivity contribution in [2.75, 3.05) is 11.1 Å². The summed E-state index contributed by atoms with van der Waals surface area (Å²) in [6, 6.07) is 6.25. The molecule has 20 heavy (non-hydrogen) atoms. The Morgan fingerprint density at radius 1 is 1.25 bits per heavy atom. The minimum atomic E-state index is -0.966. The van der Waals surface area contributed by atoms with E-state index < -0.39 is 28.8 Å². The predicted octanol–water partition coefficient (Wildman–Crippen LogP) is 4.22. The summed E-state index contributed by atoms with van der Waals surface area (Å²) in [6.07, 6.45) is 0. The molecular formula is C13H8BrClF2N2O. The molecule has 2 aromatic rings. The normalized spacial score (nSPS) is 10.4. The number of nitrogens with two attached hydrogens (primary N) is 1. The highest BCUT2D eigenvalue weighted by Crippen LogP contribution is 2.26.